The van der Waals surface area contributed by atoms with E-state index in [1.807, 2.05) is 6.07 Å². The van der Waals surface area contributed by atoms with Crippen molar-refractivity contribution in [3.05, 3.63) is 47.4 Å². The van der Waals surface area contributed by atoms with Gasteiger partial charge in [-0.25, -0.2) is 0 Å². The van der Waals surface area contributed by atoms with Gasteiger partial charge < -0.3 is 20.2 Å². The Morgan fingerprint density at radius 2 is 2.25 bits per heavy atom. The highest BCUT2D eigenvalue weighted by atomic mass is 16.5. The third-order valence-corrected chi connectivity index (χ3v) is 2.71. The Hall–Kier alpha value is -2.94. The van der Waals surface area contributed by atoms with Crippen LogP contribution in [0.15, 0.2) is 34.7 Å². The van der Waals surface area contributed by atoms with Crippen molar-refractivity contribution in [2.45, 2.75) is 6.54 Å². The summed E-state index contributed by atoms with van der Waals surface area (Å²) >= 11 is 0. The lowest BCUT2D eigenvalue weighted by Crippen LogP contribution is -2.11. The second-order valence-corrected chi connectivity index (χ2v) is 4.01. The summed E-state index contributed by atoms with van der Waals surface area (Å²) in [5.41, 5.74) is 6.24. The molecule has 2 aromatic rings. The molecule has 102 valence electrons. The minimum absolute atomic E-state index is 0.250. The van der Waals surface area contributed by atoms with Crippen LogP contribution in [0.3, 0.4) is 0 Å². The molecular weight excluding hydrogens is 258 g/mol. The van der Waals surface area contributed by atoms with E-state index in [0.29, 0.717) is 29.3 Å². The molecule has 0 spiro atoms. The SMILES string of the molecule is COc1ccc(C(N)=O)cc1NCc1ccc(C#N)o1. The number of anilines is 1. The third-order valence-electron chi connectivity index (χ3n) is 2.71. The average molecular weight is 271 g/mol. The number of furan rings is 1. The average Bonchev–Trinajstić information content (AvgIpc) is 2.92. The summed E-state index contributed by atoms with van der Waals surface area (Å²) in [6, 6.07) is 10.1. The molecule has 1 aromatic heterocycles. The molecule has 0 aliphatic carbocycles. The van der Waals surface area contributed by atoms with Crippen LogP contribution in [0.25, 0.3) is 0 Å². The van der Waals surface area contributed by atoms with Crippen LogP contribution >= 0.6 is 0 Å². The quantitative estimate of drug-likeness (QED) is 0.864. The third kappa shape index (κ3) is 2.90. The van der Waals surface area contributed by atoms with E-state index < -0.39 is 5.91 Å². The fourth-order valence-corrected chi connectivity index (χ4v) is 1.71. The number of benzene rings is 1. The number of nitrogens with two attached hydrogens (primary N) is 1. The zero-order chi connectivity index (χ0) is 14.5. The van der Waals surface area contributed by atoms with Gasteiger partial charge in [-0.15, -0.1) is 0 Å². The van der Waals surface area contributed by atoms with Gasteiger partial charge in [-0.05, 0) is 30.3 Å². The smallest absolute Gasteiger partial charge is 0.248 e. The summed E-state index contributed by atoms with van der Waals surface area (Å²) in [5, 5.41) is 11.8. The largest absolute Gasteiger partial charge is 0.495 e. The number of ether oxygens (including phenoxy) is 1. The Morgan fingerprint density at radius 3 is 2.85 bits per heavy atom. The van der Waals surface area contributed by atoms with E-state index in [0.717, 1.165) is 0 Å². The minimum atomic E-state index is -0.513. The Balaban J connectivity index is 2.17. The van der Waals surface area contributed by atoms with Crippen LogP contribution in [0.2, 0.25) is 0 Å². The molecule has 0 saturated heterocycles. The van der Waals surface area contributed by atoms with Crippen LogP contribution < -0.4 is 15.8 Å². The molecule has 1 heterocycles. The topological polar surface area (TPSA) is 101 Å². The van der Waals surface area contributed by atoms with E-state index in [9.17, 15) is 4.79 Å². The zero-order valence-electron chi connectivity index (χ0n) is 10.8. The zero-order valence-corrected chi connectivity index (χ0v) is 10.8. The molecule has 1 amide bonds. The van der Waals surface area contributed by atoms with E-state index in [-0.39, 0.29) is 5.76 Å². The van der Waals surface area contributed by atoms with Crippen molar-refractivity contribution in [3.8, 4) is 11.8 Å². The van der Waals surface area contributed by atoms with Gasteiger partial charge >= 0.3 is 0 Å². The highest BCUT2D eigenvalue weighted by Gasteiger charge is 2.08. The van der Waals surface area contributed by atoms with Gasteiger partial charge in [-0.3, -0.25) is 4.79 Å². The van der Waals surface area contributed by atoms with Crippen LogP contribution in [0.1, 0.15) is 21.9 Å². The summed E-state index contributed by atoms with van der Waals surface area (Å²) in [6.45, 7) is 0.361. The highest BCUT2D eigenvalue weighted by Crippen LogP contribution is 2.26. The highest BCUT2D eigenvalue weighted by molar-refractivity contribution is 5.94. The molecule has 0 atom stereocenters. The van der Waals surface area contributed by atoms with Crippen molar-refractivity contribution in [2.75, 3.05) is 12.4 Å². The molecule has 6 heteroatoms. The summed E-state index contributed by atoms with van der Waals surface area (Å²) in [7, 11) is 1.53. The maximum Gasteiger partial charge on any atom is 0.248 e. The first-order chi connectivity index (χ1) is 9.63. The Bertz CT molecular complexity index is 671. The number of nitriles is 1. The monoisotopic (exact) mass is 271 g/mol. The molecule has 0 bridgehead atoms. The normalized spacial score (nSPS) is 9.80. The van der Waals surface area contributed by atoms with E-state index in [2.05, 4.69) is 5.32 Å². The summed E-state index contributed by atoms with van der Waals surface area (Å²) in [6.07, 6.45) is 0. The second-order valence-electron chi connectivity index (χ2n) is 4.01. The van der Waals surface area contributed by atoms with Crippen LogP contribution in [0.5, 0.6) is 5.75 Å². The summed E-state index contributed by atoms with van der Waals surface area (Å²) < 4.78 is 10.4. The maximum absolute atomic E-state index is 11.2. The number of hydrogen-bond donors (Lipinski definition) is 2. The standard InChI is InChI=1S/C14H13N3O3/c1-19-13-5-2-9(14(16)18)6-12(13)17-8-11-4-3-10(7-15)20-11/h2-6,17H,8H2,1H3,(H2,16,18). The second kappa shape index (κ2) is 5.80. The summed E-state index contributed by atoms with van der Waals surface area (Å²) in [5.74, 6) is 0.926. The Labute approximate surface area is 115 Å². The predicted octanol–water partition coefficient (Wildman–Crippen LogP) is 1.87. The van der Waals surface area contributed by atoms with Gasteiger partial charge in [0.1, 0.15) is 17.6 Å². The summed E-state index contributed by atoms with van der Waals surface area (Å²) in [4.78, 5) is 11.2. The van der Waals surface area contributed by atoms with Gasteiger partial charge in [0, 0.05) is 5.56 Å². The van der Waals surface area contributed by atoms with Crippen molar-refractivity contribution in [3.63, 3.8) is 0 Å². The molecule has 0 saturated carbocycles. The first-order valence-electron chi connectivity index (χ1n) is 5.84. The van der Waals surface area contributed by atoms with Crippen LogP contribution in [-0.2, 0) is 6.54 Å². The van der Waals surface area contributed by atoms with E-state index in [1.54, 1.807) is 30.3 Å². The number of primary amides is 1. The van der Waals surface area contributed by atoms with Crippen molar-refractivity contribution in [1.29, 1.82) is 5.26 Å². The van der Waals surface area contributed by atoms with Crippen molar-refractivity contribution in [1.82, 2.24) is 0 Å². The molecule has 20 heavy (non-hydrogen) atoms. The van der Waals surface area contributed by atoms with Crippen LogP contribution in [0.4, 0.5) is 5.69 Å². The van der Waals surface area contributed by atoms with E-state index >= 15 is 0 Å². The fourth-order valence-electron chi connectivity index (χ4n) is 1.71. The minimum Gasteiger partial charge on any atom is -0.495 e. The number of carbonyl (C=O) groups is 1. The van der Waals surface area contributed by atoms with Gasteiger partial charge in [-0.1, -0.05) is 0 Å². The Morgan fingerprint density at radius 1 is 1.45 bits per heavy atom. The number of carbonyl (C=O) groups excluding carboxylic acids is 1. The molecule has 2 rings (SSSR count). The molecule has 3 N–H and O–H groups in total. The first-order valence-corrected chi connectivity index (χ1v) is 5.84. The van der Waals surface area contributed by atoms with Crippen molar-refractivity contribution in [2.24, 2.45) is 5.73 Å². The molecular formula is C14H13N3O3. The van der Waals surface area contributed by atoms with Gasteiger partial charge in [0.15, 0.2) is 0 Å². The number of amides is 1. The lowest BCUT2D eigenvalue weighted by molar-refractivity contribution is 0.100. The predicted molar refractivity (Wildman–Crippen MR) is 72.3 cm³/mol. The van der Waals surface area contributed by atoms with Gasteiger partial charge in [0.2, 0.25) is 11.7 Å². The van der Waals surface area contributed by atoms with Crippen LogP contribution in [-0.4, -0.2) is 13.0 Å². The van der Waals surface area contributed by atoms with Crippen LogP contribution in [0, 0.1) is 11.3 Å². The fraction of sp³-hybridized carbons (Fsp3) is 0.143. The molecule has 0 aliphatic rings. The molecule has 6 nitrogen and oxygen atoms in total. The lowest BCUT2D eigenvalue weighted by Gasteiger charge is -2.11. The van der Waals surface area contributed by atoms with E-state index in [1.165, 1.54) is 7.11 Å². The van der Waals surface area contributed by atoms with Gasteiger partial charge in [0.25, 0.3) is 0 Å². The molecule has 0 fully saturated rings. The molecule has 1 aromatic carbocycles. The Kier molecular flexibility index (Phi) is 3.91. The molecule has 0 unspecified atom stereocenters. The van der Waals surface area contributed by atoms with E-state index in [4.69, 9.17) is 20.1 Å². The number of nitrogens with one attached hydrogen (secondary N) is 1. The lowest BCUT2D eigenvalue weighted by atomic mass is 10.1. The number of hydrogen-bond acceptors (Lipinski definition) is 5. The number of methoxy groups -OCH3 is 1. The van der Waals surface area contributed by atoms with Gasteiger partial charge in [-0.2, -0.15) is 5.26 Å². The van der Waals surface area contributed by atoms with Crippen molar-refractivity contribution >= 4 is 11.6 Å². The van der Waals surface area contributed by atoms with Gasteiger partial charge in [0.05, 0.1) is 19.3 Å². The number of nitrogens with zero attached hydrogens (tertiary/aromatic N) is 1. The first kappa shape index (κ1) is 13.5. The number of rotatable bonds is 5. The van der Waals surface area contributed by atoms with Crippen molar-refractivity contribution < 1.29 is 13.9 Å². The maximum atomic E-state index is 11.2. The molecule has 0 aliphatic heterocycles. The molecule has 0 radical (unpaired) electrons.